The molecule has 0 aliphatic carbocycles. The number of hydrogen-bond acceptors (Lipinski definition) is 3. The number of amides is 1. The zero-order valence-electron chi connectivity index (χ0n) is 14.1. The third kappa shape index (κ3) is 3.20. The summed E-state index contributed by atoms with van der Waals surface area (Å²) in [5, 5.41) is 3.56. The Bertz CT molecular complexity index is 776. The van der Waals surface area contributed by atoms with E-state index < -0.39 is 0 Å². The highest BCUT2D eigenvalue weighted by molar-refractivity contribution is 6.31. The molecule has 1 heterocycles. The van der Waals surface area contributed by atoms with Gasteiger partial charge in [-0.1, -0.05) is 29.8 Å². The number of methoxy groups -OCH3 is 1. The van der Waals surface area contributed by atoms with Gasteiger partial charge in [0.25, 0.3) is 0 Å². The number of para-hydroxylation sites is 1. The number of nitrogens with zero attached hydrogens (tertiary/aromatic N) is 1. The second-order valence-electron chi connectivity index (χ2n) is 6.16. The van der Waals surface area contributed by atoms with Gasteiger partial charge < -0.3 is 15.0 Å². The first kappa shape index (κ1) is 16.7. The van der Waals surface area contributed by atoms with Crippen molar-refractivity contribution in [3.05, 3.63) is 52.5 Å². The van der Waals surface area contributed by atoms with Crippen molar-refractivity contribution in [3.8, 4) is 5.75 Å². The van der Waals surface area contributed by atoms with E-state index in [1.165, 1.54) is 5.56 Å². The Balaban J connectivity index is 1.76. The van der Waals surface area contributed by atoms with Crippen LogP contribution in [-0.4, -0.2) is 25.6 Å². The number of rotatable bonds is 4. The Morgan fingerprint density at radius 3 is 2.88 bits per heavy atom. The van der Waals surface area contributed by atoms with E-state index in [1.54, 1.807) is 13.2 Å². The van der Waals surface area contributed by atoms with E-state index in [-0.39, 0.29) is 5.91 Å². The van der Waals surface area contributed by atoms with Crippen LogP contribution in [0.3, 0.4) is 0 Å². The quantitative estimate of drug-likeness (QED) is 0.909. The summed E-state index contributed by atoms with van der Waals surface area (Å²) in [4.78, 5) is 14.7. The van der Waals surface area contributed by atoms with Gasteiger partial charge in [-0.15, -0.1) is 0 Å². The topological polar surface area (TPSA) is 41.6 Å². The molecule has 0 aromatic heterocycles. The predicted molar refractivity (Wildman–Crippen MR) is 98.3 cm³/mol. The molecule has 4 nitrogen and oxygen atoms in total. The van der Waals surface area contributed by atoms with Crippen LogP contribution in [0.1, 0.15) is 18.1 Å². The molecule has 0 bridgehead atoms. The van der Waals surface area contributed by atoms with Gasteiger partial charge in [0.15, 0.2) is 0 Å². The Morgan fingerprint density at radius 1 is 1.38 bits per heavy atom. The van der Waals surface area contributed by atoms with Gasteiger partial charge in [0.2, 0.25) is 5.91 Å². The molecular formula is C19H21ClN2O2. The highest BCUT2D eigenvalue weighted by Crippen LogP contribution is 2.33. The number of carbonyl (C=O) groups is 1. The van der Waals surface area contributed by atoms with Crippen molar-refractivity contribution < 1.29 is 9.53 Å². The SMILES string of the molecule is COc1cc(Cl)c(C)cc1NC(=O)CN1c2ccccc2C[C@H]1C. The minimum absolute atomic E-state index is 0.0708. The van der Waals surface area contributed by atoms with Gasteiger partial charge in [-0.3, -0.25) is 4.79 Å². The Morgan fingerprint density at radius 2 is 2.12 bits per heavy atom. The van der Waals surface area contributed by atoms with E-state index in [2.05, 4.69) is 29.3 Å². The highest BCUT2D eigenvalue weighted by atomic mass is 35.5. The van der Waals surface area contributed by atoms with Crippen LogP contribution in [-0.2, 0) is 11.2 Å². The molecule has 0 radical (unpaired) electrons. The molecule has 1 aliphatic heterocycles. The molecule has 5 heteroatoms. The van der Waals surface area contributed by atoms with Crippen LogP contribution in [0.2, 0.25) is 5.02 Å². The average molecular weight is 345 g/mol. The maximum absolute atomic E-state index is 12.5. The van der Waals surface area contributed by atoms with Crippen LogP contribution in [0.15, 0.2) is 36.4 Å². The first-order valence-electron chi connectivity index (χ1n) is 7.98. The third-order valence-corrected chi connectivity index (χ3v) is 4.82. The van der Waals surface area contributed by atoms with Crippen molar-refractivity contribution >= 4 is 28.9 Å². The van der Waals surface area contributed by atoms with Crippen molar-refractivity contribution in [1.29, 1.82) is 0 Å². The minimum atomic E-state index is -0.0708. The molecule has 0 unspecified atom stereocenters. The van der Waals surface area contributed by atoms with Crippen LogP contribution >= 0.6 is 11.6 Å². The number of hydrogen-bond donors (Lipinski definition) is 1. The van der Waals surface area contributed by atoms with Crippen LogP contribution in [0.25, 0.3) is 0 Å². The summed E-state index contributed by atoms with van der Waals surface area (Å²) in [6, 6.07) is 12.1. The third-order valence-electron chi connectivity index (χ3n) is 4.42. The largest absolute Gasteiger partial charge is 0.495 e. The van der Waals surface area contributed by atoms with Gasteiger partial charge in [0.1, 0.15) is 5.75 Å². The van der Waals surface area contributed by atoms with Gasteiger partial charge in [0, 0.05) is 22.8 Å². The summed E-state index contributed by atoms with van der Waals surface area (Å²) in [7, 11) is 1.56. The molecular weight excluding hydrogens is 324 g/mol. The van der Waals surface area contributed by atoms with E-state index >= 15 is 0 Å². The Hall–Kier alpha value is -2.20. The molecule has 1 atom stereocenters. The van der Waals surface area contributed by atoms with Crippen LogP contribution in [0.4, 0.5) is 11.4 Å². The number of ether oxygens (including phenoxy) is 1. The van der Waals surface area contributed by atoms with Crippen molar-refractivity contribution in [1.82, 2.24) is 0 Å². The summed E-state index contributed by atoms with van der Waals surface area (Å²) >= 11 is 6.11. The van der Waals surface area contributed by atoms with E-state index in [9.17, 15) is 4.79 Å². The molecule has 2 aromatic rings. The summed E-state index contributed by atoms with van der Waals surface area (Å²) < 4.78 is 5.32. The lowest BCUT2D eigenvalue weighted by atomic mass is 10.1. The van der Waals surface area contributed by atoms with Gasteiger partial charge >= 0.3 is 0 Å². The first-order chi connectivity index (χ1) is 11.5. The zero-order chi connectivity index (χ0) is 17.3. The molecule has 126 valence electrons. The van der Waals surface area contributed by atoms with Gasteiger partial charge in [-0.25, -0.2) is 0 Å². The lowest BCUT2D eigenvalue weighted by Crippen LogP contribution is -2.37. The van der Waals surface area contributed by atoms with Crippen LogP contribution < -0.4 is 15.0 Å². The Labute approximate surface area is 147 Å². The molecule has 1 amide bonds. The standard InChI is InChI=1S/C19H21ClN2O2/c1-12-8-16(18(24-3)10-15(12)20)21-19(23)11-22-13(2)9-14-6-4-5-7-17(14)22/h4-8,10,13H,9,11H2,1-3H3,(H,21,23)/t13-/m1/s1. The predicted octanol–water partition coefficient (Wildman–Crippen LogP) is 4.05. The van der Waals surface area contributed by atoms with Crippen molar-refractivity contribution in [3.63, 3.8) is 0 Å². The van der Waals surface area contributed by atoms with Crippen molar-refractivity contribution in [2.75, 3.05) is 23.9 Å². The van der Waals surface area contributed by atoms with Gasteiger partial charge in [-0.05, 0) is 43.5 Å². The lowest BCUT2D eigenvalue weighted by molar-refractivity contribution is -0.115. The van der Waals surface area contributed by atoms with Gasteiger partial charge in [0.05, 0.1) is 19.3 Å². The van der Waals surface area contributed by atoms with E-state index in [0.29, 0.717) is 29.0 Å². The van der Waals surface area contributed by atoms with Crippen LogP contribution in [0.5, 0.6) is 5.75 Å². The normalized spacial score (nSPS) is 16.0. The fraction of sp³-hybridized carbons (Fsp3) is 0.316. The maximum atomic E-state index is 12.5. The molecule has 0 saturated heterocycles. The second-order valence-corrected chi connectivity index (χ2v) is 6.57. The molecule has 0 spiro atoms. The van der Waals surface area contributed by atoms with Crippen LogP contribution in [0, 0.1) is 6.92 Å². The van der Waals surface area contributed by atoms with E-state index in [0.717, 1.165) is 17.7 Å². The average Bonchev–Trinajstić information content (AvgIpc) is 2.86. The van der Waals surface area contributed by atoms with Crippen molar-refractivity contribution in [2.24, 2.45) is 0 Å². The van der Waals surface area contributed by atoms with E-state index in [4.69, 9.17) is 16.3 Å². The molecule has 1 aliphatic rings. The number of benzene rings is 2. The van der Waals surface area contributed by atoms with Crippen molar-refractivity contribution in [2.45, 2.75) is 26.3 Å². The van der Waals surface area contributed by atoms with Gasteiger partial charge in [-0.2, -0.15) is 0 Å². The Kier molecular flexibility index (Phi) is 4.67. The molecule has 0 saturated carbocycles. The number of halogens is 1. The monoisotopic (exact) mass is 344 g/mol. The molecule has 1 N–H and O–H groups in total. The summed E-state index contributed by atoms with van der Waals surface area (Å²) in [5.41, 5.74) is 3.97. The summed E-state index contributed by atoms with van der Waals surface area (Å²) in [6.45, 7) is 4.35. The van der Waals surface area contributed by atoms with E-state index in [1.807, 2.05) is 25.1 Å². The molecule has 3 rings (SSSR count). The summed E-state index contributed by atoms with van der Waals surface area (Å²) in [6.07, 6.45) is 0.965. The number of nitrogens with one attached hydrogen (secondary N) is 1. The molecule has 2 aromatic carbocycles. The highest BCUT2D eigenvalue weighted by Gasteiger charge is 2.27. The molecule has 0 fully saturated rings. The lowest BCUT2D eigenvalue weighted by Gasteiger charge is -2.24. The zero-order valence-corrected chi connectivity index (χ0v) is 14.9. The number of carbonyl (C=O) groups excluding carboxylic acids is 1. The fourth-order valence-corrected chi connectivity index (χ4v) is 3.30. The maximum Gasteiger partial charge on any atom is 0.244 e. The number of fused-ring (bicyclic) bond motifs is 1. The summed E-state index contributed by atoms with van der Waals surface area (Å²) in [5.74, 6) is 0.493. The number of aryl methyl sites for hydroxylation is 1. The minimum Gasteiger partial charge on any atom is -0.495 e. The molecule has 24 heavy (non-hydrogen) atoms. The first-order valence-corrected chi connectivity index (χ1v) is 8.36. The fourth-order valence-electron chi connectivity index (χ4n) is 3.14. The smallest absolute Gasteiger partial charge is 0.244 e. The second kappa shape index (κ2) is 6.73. The number of anilines is 2.